The van der Waals surface area contributed by atoms with Crippen LogP contribution in [0.25, 0.3) is 0 Å². The normalized spacial score (nSPS) is 14.2. The Morgan fingerprint density at radius 3 is 1.95 bits per heavy atom. The van der Waals surface area contributed by atoms with Crippen molar-refractivity contribution in [2.75, 3.05) is 6.61 Å². The van der Waals surface area contributed by atoms with Crippen LogP contribution in [0.2, 0.25) is 0 Å². The lowest BCUT2D eigenvalue weighted by Gasteiger charge is -2.19. The molecule has 0 aliphatic rings. The van der Waals surface area contributed by atoms with Gasteiger partial charge in [-0.2, -0.15) is 13.2 Å². The number of rotatable bonds is 3. The van der Waals surface area contributed by atoms with Crippen LogP contribution in [0.4, 0.5) is 13.2 Å². The van der Waals surface area contributed by atoms with Gasteiger partial charge in [0.2, 0.25) is 5.84 Å². The van der Waals surface area contributed by atoms with E-state index in [1.54, 1.807) is 0 Å². The molecule has 0 heterocycles. The predicted octanol–water partition coefficient (Wildman–Crippen LogP) is 0.981. The molecular formula is C12H18F3N3O4. The average molecular weight is 325 g/mol. The highest BCUT2D eigenvalue weighted by atomic mass is 19.4. The third-order valence-electron chi connectivity index (χ3n) is 1.87. The van der Waals surface area contributed by atoms with Crippen LogP contribution in [0.1, 0.15) is 27.7 Å². The summed E-state index contributed by atoms with van der Waals surface area (Å²) in [4.78, 5) is 26.2. The van der Waals surface area contributed by atoms with Crippen molar-refractivity contribution in [1.29, 1.82) is 0 Å². The fourth-order valence-electron chi connectivity index (χ4n) is 1.05. The van der Waals surface area contributed by atoms with E-state index < -0.39 is 40.9 Å². The molecule has 7 nitrogen and oxygen atoms in total. The second-order valence-electron chi connectivity index (χ2n) is 4.98. The number of ether oxygens (including phenoxy) is 2. The molecule has 0 atom stereocenters. The van der Waals surface area contributed by atoms with Crippen molar-refractivity contribution in [1.82, 2.24) is 0 Å². The van der Waals surface area contributed by atoms with Crippen LogP contribution >= 0.6 is 0 Å². The van der Waals surface area contributed by atoms with Crippen molar-refractivity contribution in [3.8, 4) is 0 Å². The molecule has 0 aromatic carbocycles. The Morgan fingerprint density at radius 2 is 1.59 bits per heavy atom. The minimum Gasteiger partial charge on any atom is -0.461 e. The highest BCUT2D eigenvalue weighted by Gasteiger charge is 2.37. The number of allylic oxidation sites excluding steroid dienone is 1. The summed E-state index contributed by atoms with van der Waals surface area (Å²) in [7, 11) is 0. The SMILES string of the molecule is CCOC(=O)/C(N=C(N)C(=O)OC(C)(C)C)=C(/N)C(F)(F)F. The van der Waals surface area contributed by atoms with E-state index in [0.29, 0.717) is 0 Å². The van der Waals surface area contributed by atoms with Gasteiger partial charge in [-0.15, -0.1) is 0 Å². The lowest BCUT2D eigenvalue weighted by Crippen LogP contribution is -2.34. The van der Waals surface area contributed by atoms with Crippen LogP contribution in [0, 0.1) is 0 Å². The first kappa shape index (κ1) is 19.7. The third kappa shape index (κ3) is 6.46. The summed E-state index contributed by atoms with van der Waals surface area (Å²) in [6, 6.07) is 0. The molecule has 0 aromatic rings. The molecule has 10 heteroatoms. The Bertz CT molecular complexity index is 505. The first-order valence-corrected chi connectivity index (χ1v) is 6.11. The van der Waals surface area contributed by atoms with Gasteiger partial charge in [0.05, 0.1) is 6.61 Å². The van der Waals surface area contributed by atoms with Gasteiger partial charge in [-0.1, -0.05) is 0 Å². The van der Waals surface area contributed by atoms with Gasteiger partial charge in [-0.05, 0) is 27.7 Å². The van der Waals surface area contributed by atoms with Crippen molar-refractivity contribution in [3.63, 3.8) is 0 Å². The van der Waals surface area contributed by atoms with Crippen LogP contribution in [-0.4, -0.2) is 36.2 Å². The van der Waals surface area contributed by atoms with E-state index in [4.69, 9.17) is 16.2 Å². The summed E-state index contributed by atoms with van der Waals surface area (Å²) in [6.45, 7) is 5.72. The van der Waals surface area contributed by atoms with E-state index in [1.807, 2.05) is 0 Å². The van der Waals surface area contributed by atoms with Gasteiger partial charge in [0.15, 0.2) is 5.70 Å². The second-order valence-corrected chi connectivity index (χ2v) is 4.98. The van der Waals surface area contributed by atoms with Gasteiger partial charge in [0.25, 0.3) is 0 Å². The molecule has 4 N–H and O–H groups in total. The quantitative estimate of drug-likeness (QED) is 0.346. The molecule has 0 amide bonds. The molecule has 0 unspecified atom stereocenters. The molecule has 0 aliphatic heterocycles. The number of hydrogen-bond acceptors (Lipinski definition) is 6. The summed E-state index contributed by atoms with van der Waals surface area (Å²) < 4.78 is 47.0. The number of halogens is 3. The number of aliphatic imine (C=N–C) groups is 1. The summed E-state index contributed by atoms with van der Waals surface area (Å²) >= 11 is 0. The first-order valence-electron chi connectivity index (χ1n) is 6.11. The largest absolute Gasteiger partial charge is 0.461 e. The van der Waals surface area contributed by atoms with E-state index in [0.717, 1.165) is 0 Å². The summed E-state index contributed by atoms with van der Waals surface area (Å²) in [5, 5.41) is 0. The molecule has 0 fully saturated rings. The number of nitrogens with zero attached hydrogens (tertiary/aromatic N) is 1. The zero-order valence-electron chi connectivity index (χ0n) is 12.6. The lowest BCUT2D eigenvalue weighted by molar-refractivity contribution is -0.146. The Labute approximate surface area is 125 Å². The summed E-state index contributed by atoms with van der Waals surface area (Å²) in [5.41, 5.74) is 6.02. The Balaban J connectivity index is 5.70. The minimum absolute atomic E-state index is 0.213. The van der Waals surface area contributed by atoms with Crippen molar-refractivity contribution < 1.29 is 32.2 Å². The van der Waals surface area contributed by atoms with Gasteiger partial charge < -0.3 is 20.9 Å². The smallest absolute Gasteiger partial charge is 0.433 e. The topological polar surface area (TPSA) is 117 Å². The van der Waals surface area contributed by atoms with Crippen LogP contribution in [0.3, 0.4) is 0 Å². The number of amidine groups is 1. The summed E-state index contributed by atoms with van der Waals surface area (Å²) in [6.07, 6.45) is -5.04. The number of alkyl halides is 3. The number of hydrogen-bond donors (Lipinski definition) is 2. The molecule has 0 bridgehead atoms. The van der Waals surface area contributed by atoms with Gasteiger partial charge in [0.1, 0.15) is 11.3 Å². The van der Waals surface area contributed by atoms with Crippen LogP contribution in [0.5, 0.6) is 0 Å². The number of nitrogens with two attached hydrogens (primary N) is 2. The molecule has 22 heavy (non-hydrogen) atoms. The number of carbonyl (C=O) groups excluding carboxylic acids is 2. The molecule has 0 rings (SSSR count). The van der Waals surface area contributed by atoms with Crippen molar-refractivity contribution in [2.24, 2.45) is 16.5 Å². The van der Waals surface area contributed by atoms with E-state index in [-0.39, 0.29) is 6.61 Å². The predicted molar refractivity (Wildman–Crippen MR) is 71.4 cm³/mol. The van der Waals surface area contributed by atoms with Crippen LogP contribution in [-0.2, 0) is 19.1 Å². The fourth-order valence-corrected chi connectivity index (χ4v) is 1.05. The molecule has 0 saturated heterocycles. The third-order valence-corrected chi connectivity index (χ3v) is 1.87. The van der Waals surface area contributed by atoms with E-state index >= 15 is 0 Å². The highest BCUT2D eigenvalue weighted by Crippen LogP contribution is 2.25. The van der Waals surface area contributed by atoms with E-state index in [9.17, 15) is 22.8 Å². The molecule has 0 aliphatic carbocycles. The van der Waals surface area contributed by atoms with Crippen molar-refractivity contribution in [2.45, 2.75) is 39.5 Å². The van der Waals surface area contributed by atoms with Crippen molar-refractivity contribution >= 4 is 17.8 Å². The van der Waals surface area contributed by atoms with Gasteiger partial charge >= 0.3 is 18.1 Å². The van der Waals surface area contributed by atoms with Gasteiger partial charge in [0, 0.05) is 0 Å². The molecule has 0 spiro atoms. The molecule has 0 saturated carbocycles. The zero-order chi connectivity index (χ0) is 17.7. The average Bonchev–Trinajstić information content (AvgIpc) is 2.31. The van der Waals surface area contributed by atoms with E-state index in [2.05, 4.69) is 9.73 Å². The molecular weight excluding hydrogens is 307 g/mol. The standard InChI is InChI=1S/C12H18F3N3O4/c1-5-21-9(19)6(7(16)12(13,14)15)18-8(17)10(20)22-11(2,3)4/h5,16H2,1-4H3,(H2,17,18)/b7-6-. The second kappa shape index (κ2) is 7.14. The lowest BCUT2D eigenvalue weighted by atomic mass is 10.2. The van der Waals surface area contributed by atoms with Crippen molar-refractivity contribution in [3.05, 3.63) is 11.4 Å². The fraction of sp³-hybridized carbons (Fsp3) is 0.583. The minimum atomic E-state index is -5.04. The Kier molecular flexibility index (Phi) is 6.41. The Morgan fingerprint density at radius 1 is 1.09 bits per heavy atom. The maximum absolute atomic E-state index is 12.6. The number of carbonyl (C=O) groups is 2. The van der Waals surface area contributed by atoms with Gasteiger partial charge in [-0.3, -0.25) is 0 Å². The van der Waals surface area contributed by atoms with Crippen LogP contribution in [0.15, 0.2) is 16.4 Å². The van der Waals surface area contributed by atoms with Gasteiger partial charge in [-0.25, -0.2) is 14.6 Å². The maximum atomic E-state index is 12.6. The van der Waals surface area contributed by atoms with E-state index in [1.165, 1.54) is 27.7 Å². The maximum Gasteiger partial charge on any atom is 0.433 e. The summed E-state index contributed by atoms with van der Waals surface area (Å²) in [5.74, 6) is -3.60. The molecule has 0 aromatic heterocycles. The van der Waals surface area contributed by atoms with Crippen LogP contribution < -0.4 is 11.5 Å². The Hall–Kier alpha value is -2.26. The monoisotopic (exact) mass is 325 g/mol. The first-order chi connectivity index (χ1) is 9.79. The molecule has 126 valence electrons. The zero-order valence-corrected chi connectivity index (χ0v) is 12.6. The molecule has 0 radical (unpaired) electrons. The number of esters is 2. The highest BCUT2D eigenvalue weighted by molar-refractivity contribution is 6.35.